The van der Waals surface area contributed by atoms with E-state index in [2.05, 4.69) is 5.32 Å². The van der Waals surface area contributed by atoms with Gasteiger partial charge in [0.25, 0.3) is 0 Å². The van der Waals surface area contributed by atoms with Crippen LogP contribution in [0.1, 0.15) is 25.0 Å². The van der Waals surface area contributed by atoms with Gasteiger partial charge < -0.3 is 5.32 Å². The van der Waals surface area contributed by atoms with Crippen molar-refractivity contribution in [3.05, 3.63) is 53.6 Å². The lowest BCUT2D eigenvalue weighted by atomic mass is 9.92. The quantitative estimate of drug-likeness (QED) is 0.807. The van der Waals surface area contributed by atoms with Crippen LogP contribution in [0.15, 0.2) is 52.3 Å². The third-order valence-electron chi connectivity index (χ3n) is 3.72. The molecule has 3 rings (SSSR count). The molecule has 2 aromatic rings. The van der Waals surface area contributed by atoms with Crippen molar-refractivity contribution in [1.82, 2.24) is 0 Å². The van der Waals surface area contributed by atoms with Crippen LogP contribution in [0.4, 0.5) is 5.69 Å². The van der Waals surface area contributed by atoms with Crippen molar-refractivity contribution in [2.75, 3.05) is 5.32 Å². The van der Waals surface area contributed by atoms with E-state index in [9.17, 15) is 8.42 Å². The highest BCUT2D eigenvalue weighted by Crippen LogP contribution is 2.40. The SMILES string of the molecule is Cc1ccc2c(c1)C(C)(C)Nc1ccccc1S2(=O)=O. The topological polar surface area (TPSA) is 46.2 Å². The second kappa shape index (κ2) is 4.09. The van der Waals surface area contributed by atoms with Gasteiger partial charge in [-0.1, -0.05) is 29.8 Å². The summed E-state index contributed by atoms with van der Waals surface area (Å²) in [7, 11) is -3.49. The Labute approximate surface area is 119 Å². The summed E-state index contributed by atoms with van der Waals surface area (Å²) in [4.78, 5) is 0.737. The molecule has 20 heavy (non-hydrogen) atoms. The molecule has 4 heteroatoms. The molecule has 0 aromatic heterocycles. The van der Waals surface area contributed by atoms with Crippen LogP contribution in [0.5, 0.6) is 0 Å². The predicted octanol–water partition coefficient (Wildman–Crippen LogP) is 3.49. The van der Waals surface area contributed by atoms with E-state index in [1.54, 1.807) is 18.2 Å². The first-order valence-corrected chi connectivity index (χ1v) is 8.04. The molecular weight excluding hydrogens is 270 g/mol. The van der Waals surface area contributed by atoms with E-state index in [0.29, 0.717) is 15.5 Å². The van der Waals surface area contributed by atoms with Gasteiger partial charge in [-0.05, 0) is 44.5 Å². The standard InChI is InChI=1S/C16H17NO2S/c1-11-8-9-14-12(10-11)16(2,3)17-13-6-4-5-7-15(13)20(14,18)19/h4-10,17H,1-3H3. The lowest BCUT2D eigenvalue weighted by molar-refractivity contribution is 0.581. The van der Waals surface area contributed by atoms with Gasteiger partial charge in [0.1, 0.15) is 0 Å². The van der Waals surface area contributed by atoms with E-state index in [4.69, 9.17) is 0 Å². The fourth-order valence-corrected chi connectivity index (χ4v) is 4.45. The molecule has 0 atom stereocenters. The minimum atomic E-state index is -3.49. The monoisotopic (exact) mass is 287 g/mol. The van der Waals surface area contributed by atoms with Crippen LogP contribution in [-0.2, 0) is 15.4 Å². The largest absolute Gasteiger partial charge is 0.375 e. The molecule has 0 bridgehead atoms. The first kappa shape index (κ1) is 13.2. The van der Waals surface area contributed by atoms with E-state index in [0.717, 1.165) is 11.1 Å². The minimum Gasteiger partial charge on any atom is -0.375 e. The molecule has 1 aliphatic rings. The molecule has 0 saturated heterocycles. The second-order valence-electron chi connectivity index (χ2n) is 5.75. The van der Waals surface area contributed by atoms with Crippen LogP contribution in [0.3, 0.4) is 0 Å². The summed E-state index contributed by atoms with van der Waals surface area (Å²) in [5, 5.41) is 3.36. The summed E-state index contributed by atoms with van der Waals surface area (Å²) in [5.41, 5.74) is 2.08. The number of rotatable bonds is 0. The van der Waals surface area contributed by atoms with E-state index in [1.807, 2.05) is 45.0 Å². The second-order valence-corrected chi connectivity index (χ2v) is 7.64. The number of hydrogen-bond donors (Lipinski definition) is 1. The molecule has 0 amide bonds. The number of hydrogen-bond acceptors (Lipinski definition) is 3. The molecule has 2 aromatic carbocycles. The van der Waals surface area contributed by atoms with Crippen molar-refractivity contribution >= 4 is 15.5 Å². The molecule has 104 valence electrons. The van der Waals surface area contributed by atoms with Crippen molar-refractivity contribution in [2.45, 2.75) is 36.1 Å². The molecule has 0 spiro atoms. The summed E-state index contributed by atoms with van der Waals surface area (Å²) in [6, 6.07) is 12.6. The Hall–Kier alpha value is -1.81. The van der Waals surface area contributed by atoms with E-state index < -0.39 is 15.4 Å². The van der Waals surface area contributed by atoms with Gasteiger partial charge in [-0.2, -0.15) is 0 Å². The third kappa shape index (κ3) is 1.83. The van der Waals surface area contributed by atoms with Gasteiger partial charge in [0, 0.05) is 0 Å². The van der Waals surface area contributed by atoms with Crippen LogP contribution in [0.2, 0.25) is 0 Å². The number of nitrogens with one attached hydrogen (secondary N) is 1. The van der Waals surface area contributed by atoms with Crippen molar-refractivity contribution in [1.29, 1.82) is 0 Å². The fraction of sp³-hybridized carbons (Fsp3) is 0.250. The zero-order chi connectivity index (χ0) is 14.5. The maximum atomic E-state index is 12.9. The third-order valence-corrected chi connectivity index (χ3v) is 5.59. The Kier molecular flexibility index (Phi) is 2.70. The summed E-state index contributed by atoms with van der Waals surface area (Å²) in [6.45, 7) is 5.98. The molecular formula is C16H17NO2S. The lowest BCUT2D eigenvalue weighted by Gasteiger charge is -2.27. The maximum absolute atomic E-state index is 12.9. The van der Waals surface area contributed by atoms with Crippen molar-refractivity contribution < 1.29 is 8.42 Å². The lowest BCUT2D eigenvalue weighted by Crippen LogP contribution is -2.28. The Bertz CT molecular complexity index is 792. The number of aryl methyl sites for hydroxylation is 1. The van der Waals surface area contributed by atoms with E-state index in [-0.39, 0.29) is 0 Å². The Balaban J connectivity index is 2.43. The fourth-order valence-electron chi connectivity index (χ4n) is 2.69. The summed E-state index contributed by atoms with van der Waals surface area (Å²) >= 11 is 0. The van der Waals surface area contributed by atoms with Gasteiger partial charge in [0.15, 0.2) is 0 Å². The number of benzene rings is 2. The Morgan fingerprint density at radius 2 is 1.70 bits per heavy atom. The normalized spacial score (nSPS) is 18.4. The van der Waals surface area contributed by atoms with Gasteiger partial charge in [-0.25, -0.2) is 8.42 Å². The van der Waals surface area contributed by atoms with Crippen LogP contribution in [-0.4, -0.2) is 8.42 Å². The van der Waals surface area contributed by atoms with E-state index >= 15 is 0 Å². The number of para-hydroxylation sites is 1. The molecule has 3 nitrogen and oxygen atoms in total. The van der Waals surface area contributed by atoms with Gasteiger partial charge in [0.2, 0.25) is 9.84 Å². The minimum absolute atomic E-state index is 0.343. The number of fused-ring (bicyclic) bond motifs is 2. The average molecular weight is 287 g/mol. The van der Waals surface area contributed by atoms with Crippen LogP contribution >= 0.6 is 0 Å². The summed E-state index contributed by atoms with van der Waals surface area (Å²) < 4.78 is 25.7. The molecule has 1 N–H and O–H groups in total. The van der Waals surface area contributed by atoms with Crippen molar-refractivity contribution in [3.63, 3.8) is 0 Å². The van der Waals surface area contributed by atoms with Gasteiger partial charge in [-0.3, -0.25) is 0 Å². The molecule has 0 aliphatic carbocycles. The van der Waals surface area contributed by atoms with Gasteiger partial charge in [-0.15, -0.1) is 0 Å². The molecule has 1 aliphatic heterocycles. The van der Waals surface area contributed by atoms with Crippen LogP contribution in [0.25, 0.3) is 0 Å². The average Bonchev–Trinajstić information content (AvgIpc) is 2.43. The van der Waals surface area contributed by atoms with Crippen LogP contribution < -0.4 is 5.32 Å². The highest BCUT2D eigenvalue weighted by molar-refractivity contribution is 7.91. The zero-order valence-electron chi connectivity index (χ0n) is 11.8. The van der Waals surface area contributed by atoms with Gasteiger partial charge >= 0.3 is 0 Å². The van der Waals surface area contributed by atoms with Crippen LogP contribution in [0, 0.1) is 6.92 Å². The molecule has 0 saturated carbocycles. The maximum Gasteiger partial charge on any atom is 0.208 e. The number of anilines is 1. The molecule has 1 heterocycles. The highest BCUT2D eigenvalue weighted by Gasteiger charge is 2.35. The summed E-state index contributed by atoms with van der Waals surface area (Å²) in [6.07, 6.45) is 0. The Morgan fingerprint density at radius 3 is 2.45 bits per heavy atom. The first-order chi connectivity index (χ1) is 9.32. The molecule has 0 fully saturated rings. The van der Waals surface area contributed by atoms with Gasteiger partial charge in [0.05, 0.1) is 21.0 Å². The smallest absolute Gasteiger partial charge is 0.208 e. The van der Waals surface area contributed by atoms with E-state index in [1.165, 1.54) is 0 Å². The predicted molar refractivity (Wildman–Crippen MR) is 79.7 cm³/mol. The van der Waals surface area contributed by atoms with Crippen molar-refractivity contribution in [2.24, 2.45) is 0 Å². The Morgan fingerprint density at radius 1 is 1.00 bits per heavy atom. The zero-order valence-corrected chi connectivity index (χ0v) is 12.6. The molecule has 0 unspecified atom stereocenters. The number of sulfone groups is 1. The highest BCUT2D eigenvalue weighted by atomic mass is 32.2. The summed E-state index contributed by atoms with van der Waals surface area (Å²) in [5.74, 6) is 0. The first-order valence-electron chi connectivity index (χ1n) is 6.56. The van der Waals surface area contributed by atoms with Crippen molar-refractivity contribution in [3.8, 4) is 0 Å². The molecule has 0 radical (unpaired) electrons.